The van der Waals surface area contributed by atoms with E-state index in [9.17, 15) is 14.9 Å². The molecule has 3 aromatic rings. The molecule has 3 rings (SSSR count). The van der Waals surface area contributed by atoms with Gasteiger partial charge in [0.25, 0.3) is 11.6 Å². The summed E-state index contributed by atoms with van der Waals surface area (Å²) in [5.41, 5.74) is 1.80. The van der Waals surface area contributed by atoms with Crippen LogP contribution in [0.2, 0.25) is 10.0 Å². The molecule has 0 bridgehead atoms. The van der Waals surface area contributed by atoms with Crippen molar-refractivity contribution in [3.8, 4) is 5.75 Å². The molecule has 0 fully saturated rings. The van der Waals surface area contributed by atoms with Crippen molar-refractivity contribution in [2.75, 3.05) is 0 Å². The van der Waals surface area contributed by atoms with E-state index in [0.29, 0.717) is 28.6 Å². The van der Waals surface area contributed by atoms with Gasteiger partial charge in [-0.15, -0.1) is 0 Å². The summed E-state index contributed by atoms with van der Waals surface area (Å²) in [6.45, 7) is 3.08. The standard InChI is InChI=1S/C20H18Cl2N4O4/c1-2-25-11-17(22)18(24-25)10-23-20(27)14-5-3-13(4-6-14)12-30-19-8-7-15(26(28)29)9-16(19)21/h3-9,11H,2,10,12H2,1H3,(H,23,27). The molecule has 2 aromatic carbocycles. The molecule has 0 aliphatic carbocycles. The zero-order chi connectivity index (χ0) is 21.7. The van der Waals surface area contributed by atoms with E-state index in [0.717, 1.165) is 5.56 Å². The molecule has 0 saturated heterocycles. The van der Waals surface area contributed by atoms with Crippen LogP contribution in [0, 0.1) is 10.1 Å². The Balaban J connectivity index is 1.56. The highest BCUT2D eigenvalue weighted by molar-refractivity contribution is 6.32. The highest BCUT2D eigenvalue weighted by atomic mass is 35.5. The maximum Gasteiger partial charge on any atom is 0.271 e. The van der Waals surface area contributed by atoms with Crippen LogP contribution < -0.4 is 10.1 Å². The Labute approximate surface area is 182 Å². The number of rotatable bonds is 8. The lowest BCUT2D eigenvalue weighted by molar-refractivity contribution is -0.384. The summed E-state index contributed by atoms with van der Waals surface area (Å²) in [6.07, 6.45) is 1.72. The van der Waals surface area contributed by atoms with Crippen LogP contribution in [0.4, 0.5) is 5.69 Å². The molecule has 1 heterocycles. The molecule has 1 amide bonds. The third-order valence-corrected chi connectivity index (χ3v) is 4.88. The van der Waals surface area contributed by atoms with Gasteiger partial charge >= 0.3 is 0 Å². The van der Waals surface area contributed by atoms with E-state index in [-0.39, 0.29) is 29.8 Å². The maximum atomic E-state index is 12.3. The normalized spacial score (nSPS) is 10.6. The van der Waals surface area contributed by atoms with Crippen molar-refractivity contribution < 1.29 is 14.5 Å². The van der Waals surface area contributed by atoms with Gasteiger partial charge in [0, 0.05) is 30.4 Å². The molecule has 10 heteroatoms. The number of hydrogen-bond donors (Lipinski definition) is 1. The van der Waals surface area contributed by atoms with Gasteiger partial charge in [0.15, 0.2) is 0 Å². The van der Waals surface area contributed by atoms with E-state index in [2.05, 4.69) is 10.4 Å². The van der Waals surface area contributed by atoms with Crippen LogP contribution >= 0.6 is 23.2 Å². The first-order valence-corrected chi connectivity index (χ1v) is 9.78. The van der Waals surface area contributed by atoms with E-state index in [1.165, 1.54) is 18.2 Å². The summed E-state index contributed by atoms with van der Waals surface area (Å²) in [7, 11) is 0. The molecule has 156 valence electrons. The summed E-state index contributed by atoms with van der Waals surface area (Å²) in [4.78, 5) is 22.6. The maximum absolute atomic E-state index is 12.3. The molecule has 0 aliphatic heterocycles. The Morgan fingerprint density at radius 1 is 1.20 bits per heavy atom. The number of hydrogen-bond acceptors (Lipinski definition) is 5. The van der Waals surface area contributed by atoms with E-state index >= 15 is 0 Å². The highest BCUT2D eigenvalue weighted by Crippen LogP contribution is 2.29. The monoisotopic (exact) mass is 448 g/mol. The number of halogens is 2. The number of nitro groups is 1. The largest absolute Gasteiger partial charge is 0.487 e. The van der Waals surface area contributed by atoms with Gasteiger partial charge in [0.05, 0.1) is 21.5 Å². The number of benzene rings is 2. The first-order valence-electron chi connectivity index (χ1n) is 9.03. The lowest BCUT2D eigenvalue weighted by Crippen LogP contribution is -2.23. The van der Waals surface area contributed by atoms with Crippen LogP contribution in [-0.4, -0.2) is 20.6 Å². The zero-order valence-electron chi connectivity index (χ0n) is 16.0. The number of nitro benzene ring substituents is 1. The van der Waals surface area contributed by atoms with Gasteiger partial charge in [-0.2, -0.15) is 5.10 Å². The molecule has 0 unspecified atom stereocenters. The van der Waals surface area contributed by atoms with Crippen molar-refractivity contribution >= 4 is 34.8 Å². The number of nitrogens with one attached hydrogen (secondary N) is 1. The smallest absolute Gasteiger partial charge is 0.271 e. The lowest BCUT2D eigenvalue weighted by atomic mass is 10.1. The van der Waals surface area contributed by atoms with Gasteiger partial charge in [0.2, 0.25) is 0 Å². The Morgan fingerprint density at radius 3 is 2.53 bits per heavy atom. The van der Waals surface area contributed by atoms with Gasteiger partial charge in [-0.1, -0.05) is 35.3 Å². The third kappa shape index (κ3) is 5.28. The SMILES string of the molecule is CCn1cc(Cl)c(CNC(=O)c2ccc(COc3ccc([N+](=O)[O-])cc3Cl)cc2)n1. The van der Waals surface area contributed by atoms with Crippen molar-refractivity contribution in [3.63, 3.8) is 0 Å². The first-order chi connectivity index (χ1) is 14.4. The van der Waals surface area contributed by atoms with E-state index in [4.69, 9.17) is 27.9 Å². The van der Waals surface area contributed by atoms with Crippen LogP contribution in [0.1, 0.15) is 28.5 Å². The Kier molecular flexibility index (Phi) is 6.91. The fourth-order valence-corrected chi connectivity index (χ4v) is 3.07. The average molecular weight is 449 g/mol. The van der Waals surface area contributed by atoms with Gasteiger partial charge in [-0.3, -0.25) is 19.6 Å². The van der Waals surface area contributed by atoms with Gasteiger partial charge in [0.1, 0.15) is 18.1 Å². The third-order valence-electron chi connectivity index (χ3n) is 4.26. The minimum atomic E-state index is -0.525. The molecular formula is C20H18Cl2N4O4. The minimum absolute atomic E-state index is 0.106. The second-order valence-corrected chi connectivity index (χ2v) is 7.13. The van der Waals surface area contributed by atoms with E-state index in [1.54, 1.807) is 35.1 Å². The summed E-state index contributed by atoms with van der Waals surface area (Å²) >= 11 is 12.1. The van der Waals surface area contributed by atoms with Crippen molar-refractivity contribution in [2.45, 2.75) is 26.6 Å². The van der Waals surface area contributed by atoms with Crippen molar-refractivity contribution in [3.05, 3.63) is 85.6 Å². The van der Waals surface area contributed by atoms with Crippen molar-refractivity contribution in [2.24, 2.45) is 0 Å². The summed E-state index contributed by atoms with van der Waals surface area (Å²) in [5, 5.41) is 18.5. The number of nitrogens with zero attached hydrogens (tertiary/aromatic N) is 3. The summed E-state index contributed by atoms with van der Waals surface area (Å²) < 4.78 is 7.31. The molecule has 30 heavy (non-hydrogen) atoms. The van der Waals surface area contributed by atoms with Crippen LogP contribution in [-0.2, 0) is 19.7 Å². The van der Waals surface area contributed by atoms with Crippen LogP contribution in [0.15, 0.2) is 48.7 Å². The number of aromatic nitrogens is 2. The number of carbonyl (C=O) groups excluding carboxylic acids is 1. The van der Waals surface area contributed by atoms with Crippen LogP contribution in [0.25, 0.3) is 0 Å². The average Bonchev–Trinajstić information content (AvgIpc) is 3.11. The quantitative estimate of drug-likeness (QED) is 0.400. The second kappa shape index (κ2) is 9.60. The Bertz CT molecular complexity index is 1070. The summed E-state index contributed by atoms with van der Waals surface area (Å²) in [6, 6.07) is 10.9. The Hall–Kier alpha value is -3.10. The number of ether oxygens (including phenoxy) is 1. The lowest BCUT2D eigenvalue weighted by Gasteiger charge is -2.09. The van der Waals surface area contributed by atoms with Crippen LogP contribution in [0.5, 0.6) is 5.75 Å². The van der Waals surface area contributed by atoms with Crippen molar-refractivity contribution in [1.82, 2.24) is 15.1 Å². The molecule has 8 nitrogen and oxygen atoms in total. The number of aryl methyl sites for hydroxylation is 1. The number of non-ortho nitro benzene ring substituents is 1. The van der Waals surface area contributed by atoms with Gasteiger partial charge in [-0.05, 0) is 30.7 Å². The molecule has 0 spiro atoms. The molecular weight excluding hydrogens is 431 g/mol. The van der Waals surface area contributed by atoms with E-state index < -0.39 is 4.92 Å². The van der Waals surface area contributed by atoms with Crippen molar-refractivity contribution in [1.29, 1.82) is 0 Å². The molecule has 1 N–H and O–H groups in total. The number of amides is 1. The van der Waals surface area contributed by atoms with E-state index in [1.807, 2.05) is 6.92 Å². The molecule has 0 saturated carbocycles. The predicted molar refractivity (Wildman–Crippen MR) is 113 cm³/mol. The predicted octanol–water partition coefficient (Wildman–Crippen LogP) is 4.63. The Morgan fingerprint density at radius 2 is 1.93 bits per heavy atom. The minimum Gasteiger partial charge on any atom is -0.487 e. The first kappa shape index (κ1) is 21.6. The summed E-state index contributed by atoms with van der Waals surface area (Å²) in [5.74, 6) is 0.0930. The fourth-order valence-electron chi connectivity index (χ4n) is 2.62. The molecule has 0 aliphatic rings. The fraction of sp³-hybridized carbons (Fsp3) is 0.200. The topological polar surface area (TPSA) is 99.3 Å². The number of carbonyl (C=O) groups is 1. The van der Waals surface area contributed by atoms with Gasteiger partial charge in [-0.25, -0.2) is 0 Å². The van der Waals surface area contributed by atoms with Gasteiger partial charge < -0.3 is 10.1 Å². The zero-order valence-corrected chi connectivity index (χ0v) is 17.5. The van der Waals surface area contributed by atoms with Crippen LogP contribution in [0.3, 0.4) is 0 Å². The molecule has 1 aromatic heterocycles. The second-order valence-electron chi connectivity index (χ2n) is 6.32. The molecule has 0 atom stereocenters. The molecule has 0 radical (unpaired) electrons. The highest BCUT2D eigenvalue weighted by Gasteiger charge is 2.12.